The van der Waals surface area contributed by atoms with Crippen molar-refractivity contribution in [3.63, 3.8) is 0 Å². The molecular formula is C22H11F5O7S. The summed E-state index contributed by atoms with van der Waals surface area (Å²) in [4.78, 5) is 21.6. The van der Waals surface area contributed by atoms with Crippen LogP contribution in [0.2, 0.25) is 0 Å². The number of hydrogen-bond donors (Lipinski definition) is 4. The molecule has 1 aliphatic heterocycles. The molecule has 0 aliphatic carbocycles. The van der Waals surface area contributed by atoms with Gasteiger partial charge < -0.3 is 25.2 Å². The van der Waals surface area contributed by atoms with Gasteiger partial charge in [0.2, 0.25) is 0 Å². The second-order valence-electron chi connectivity index (χ2n) is 7.27. The number of fused-ring (bicyclic) bond motifs is 2. The van der Waals surface area contributed by atoms with Gasteiger partial charge in [-0.1, -0.05) is 0 Å². The molecule has 4 rings (SSSR count). The van der Waals surface area contributed by atoms with Crippen molar-refractivity contribution in [2.45, 2.75) is 10.8 Å². The van der Waals surface area contributed by atoms with Gasteiger partial charge in [0.05, 0.1) is 10.6 Å². The van der Waals surface area contributed by atoms with Crippen LogP contribution in [0, 0.1) is 29.1 Å². The molecule has 182 valence electrons. The van der Waals surface area contributed by atoms with Crippen LogP contribution in [-0.2, 0) is 4.79 Å². The average Bonchev–Trinajstić information content (AvgIpc) is 2.77. The minimum absolute atomic E-state index is 0.0264. The van der Waals surface area contributed by atoms with Gasteiger partial charge in [0.1, 0.15) is 22.9 Å². The van der Waals surface area contributed by atoms with Crippen LogP contribution in [0.1, 0.15) is 33.0 Å². The number of carboxylic acid groups (broad SMARTS) is 2. The van der Waals surface area contributed by atoms with Crippen molar-refractivity contribution < 1.29 is 56.7 Å². The topological polar surface area (TPSA) is 124 Å². The summed E-state index contributed by atoms with van der Waals surface area (Å²) in [6, 6.07) is 2.69. The number of halogens is 5. The molecule has 0 atom stereocenters. The molecule has 7 nitrogen and oxygen atoms in total. The zero-order valence-corrected chi connectivity index (χ0v) is 17.7. The molecule has 35 heavy (non-hydrogen) atoms. The first kappa shape index (κ1) is 24.1. The molecule has 1 aliphatic rings. The van der Waals surface area contributed by atoms with Crippen LogP contribution < -0.4 is 4.74 Å². The Morgan fingerprint density at radius 1 is 0.829 bits per heavy atom. The lowest BCUT2D eigenvalue weighted by atomic mass is 9.80. The summed E-state index contributed by atoms with van der Waals surface area (Å²) < 4.78 is 79.2. The van der Waals surface area contributed by atoms with E-state index in [0.29, 0.717) is 12.1 Å². The highest BCUT2D eigenvalue weighted by Crippen LogP contribution is 2.52. The molecule has 4 N–H and O–H groups in total. The van der Waals surface area contributed by atoms with Crippen LogP contribution in [0.4, 0.5) is 22.0 Å². The highest BCUT2D eigenvalue weighted by atomic mass is 32.2. The fourth-order valence-electron chi connectivity index (χ4n) is 3.74. The van der Waals surface area contributed by atoms with E-state index in [0.717, 1.165) is 12.1 Å². The molecule has 0 saturated carbocycles. The molecule has 0 bridgehead atoms. The summed E-state index contributed by atoms with van der Waals surface area (Å²) in [5.74, 6) is -17.3. The van der Waals surface area contributed by atoms with Gasteiger partial charge in [-0.2, -0.15) is 0 Å². The summed E-state index contributed by atoms with van der Waals surface area (Å²) in [6.07, 6.45) is 0. The van der Waals surface area contributed by atoms with Crippen molar-refractivity contribution in [2.24, 2.45) is 0 Å². The standard InChI is InChI=1S/C22H11F5O7S/c23-8-1-6-12(3-10(8)28)34-13-4-11(29)9(24)2-7(13)15(6)16-17(22(32)33)18(25)20(27)21(19(16)26)35-5-14(30)31/h1-4,15,28-29H,5H2,(H,30,31)(H,32,33). The maximum atomic E-state index is 15.7. The molecule has 3 aromatic rings. The van der Waals surface area contributed by atoms with Crippen LogP contribution >= 0.6 is 11.8 Å². The number of hydrogen-bond acceptors (Lipinski definition) is 6. The molecule has 1 heterocycles. The highest BCUT2D eigenvalue weighted by molar-refractivity contribution is 8.00. The number of rotatable bonds is 5. The minimum atomic E-state index is -2.13. The van der Waals surface area contributed by atoms with Gasteiger partial charge in [0, 0.05) is 34.7 Å². The minimum Gasteiger partial charge on any atom is -0.505 e. The van der Waals surface area contributed by atoms with Crippen molar-refractivity contribution in [1.29, 1.82) is 0 Å². The molecule has 0 unspecified atom stereocenters. The zero-order chi connectivity index (χ0) is 25.8. The number of aliphatic carboxylic acids is 1. The number of phenolic OH excluding ortho intramolecular Hbond substituents is 2. The number of benzene rings is 3. The smallest absolute Gasteiger partial charge is 0.339 e. The van der Waals surface area contributed by atoms with Crippen LogP contribution in [-0.4, -0.2) is 38.1 Å². The lowest BCUT2D eigenvalue weighted by Gasteiger charge is -2.30. The lowest BCUT2D eigenvalue weighted by Crippen LogP contribution is -2.20. The zero-order valence-electron chi connectivity index (χ0n) is 16.9. The Morgan fingerprint density at radius 2 is 1.34 bits per heavy atom. The summed E-state index contributed by atoms with van der Waals surface area (Å²) in [5, 5.41) is 37.9. The molecule has 13 heteroatoms. The summed E-state index contributed by atoms with van der Waals surface area (Å²) >= 11 is 0.0264. The van der Waals surface area contributed by atoms with E-state index in [1.807, 2.05) is 0 Å². The normalized spacial score (nSPS) is 12.6. The Morgan fingerprint density at radius 3 is 1.80 bits per heavy atom. The molecule has 0 amide bonds. The molecular weight excluding hydrogens is 503 g/mol. The first-order chi connectivity index (χ1) is 16.4. The van der Waals surface area contributed by atoms with Gasteiger partial charge in [0.25, 0.3) is 0 Å². The van der Waals surface area contributed by atoms with Crippen LogP contribution in [0.3, 0.4) is 0 Å². The number of phenols is 2. The number of ether oxygens (including phenoxy) is 1. The van der Waals surface area contributed by atoms with Gasteiger partial charge in [-0.25, -0.2) is 26.7 Å². The maximum Gasteiger partial charge on any atom is 0.339 e. The largest absolute Gasteiger partial charge is 0.505 e. The van der Waals surface area contributed by atoms with Crippen molar-refractivity contribution in [3.8, 4) is 23.0 Å². The molecule has 0 saturated heterocycles. The SMILES string of the molecule is O=C(O)CSc1c(F)c(F)c(C(=O)O)c(C2c3cc(F)c(O)cc3Oc3cc(O)c(F)cc32)c1F. The monoisotopic (exact) mass is 514 g/mol. The Bertz CT molecular complexity index is 1370. The van der Waals surface area contributed by atoms with Crippen molar-refractivity contribution >= 4 is 23.7 Å². The Labute approximate surface area is 196 Å². The second-order valence-corrected chi connectivity index (χ2v) is 8.25. The predicted octanol–water partition coefficient (Wildman–Crippen LogP) is 4.95. The van der Waals surface area contributed by atoms with E-state index in [9.17, 15) is 42.5 Å². The van der Waals surface area contributed by atoms with Gasteiger partial charge in [0.15, 0.2) is 34.8 Å². The Balaban J connectivity index is 2.13. The van der Waals surface area contributed by atoms with Crippen molar-refractivity contribution in [3.05, 3.63) is 75.6 Å². The van der Waals surface area contributed by atoms with E-state index in [-0.39, 0.29) is 34.4 Å². The Hall–Kier alpha value is -4.00. The van der Waals surface area contributed by atoms with Gasteiger partial charge in [-0.05, 0) is 12.1 Å². The summed E-state index contributed by atoms with van der Waals surface area (Å²) in [6.45, 7) is 0. The van der Waals surface area contributed by atoms with Crippen molar-refractivity contribution in [1.82, 2.24) is 0 Å². The second kappa shape index (κ2) is 8.65. The first-order valence-electron chi connectivity index (χ1n) is 9.43. The molecule has 0 spiro atoms. The quantitative estimate of drug-likeness (QED) is 0.168. The van der Waals surface area contributed by atoms with Gasteiger partial charge >= 0.3 is 11.9 Å². The maximum absolute atomic E-state index is 15.7. The number of aromatic carboxylic acids is 1. The highest BCUT2D eigenvalue weighted by Gasteiger charge is 2.39. The van der Waals surface area contributed by atoms with Gasteiger partial charge in [-0.3, -0.25) is 4.79 Å². The fourth-order valence-corrected chi connectivity index (χ4v) is 4.46. The average molecular weight is 514 g/mol. The molecule has 3 aromatic carbocycles. The van der Waals surface area contributed by atoms with Gasteiger partial charge in [-0.15, -0.1) is 11.8 Å². The lowest BCUT2D eigenvalue weighted by molar-refractivity contribution is -0.133. The molecule has 0 aromatic heterocycles. The predicted molar refractivity (Wildman–Crippen MR) is 109 cm³/mol. The summed E-state index contributed by atoms with van der Waals surface area (Å²) in [7, 11) is 0. The summed E-state index contributed by atoms with van der Waals surface area (Å²) in [5.41, 5.74) is -3.37. The van der Waals surface area contributed by atoms with Crippen LogP contribution in [0.5, 0.6) is 23.0 Å². The van der Waals surface area contributed by atoms with E-state index in [1.54, 1.807) is 0 Å². The number of aromatic hydroxyl groups is 2. The third-order valence-corrected chi connectivity index (χ3v) is 6.20. The van der Waals surface area contributed by atoms with E-state index in [1.165, 1.54) is 0 Å². The third-order valence-electron chi connectivity index (χ3n) is 5.16. The van der Waals surface area contributed by atoms with Crippen LogP contribution in [0.15, 0.2) is 29.2 Å². The van der Waals surface area contributed by atoms with Crippen LogP contribution in [0.25, 0.3) is 0 Å². The first-order valence-corrected chi connectivity index (χ1v) is 10.4. The Kier molecular flexibility index (Phi) is 5.97. The fraction of sp³-hybridized carbons (Fsp3) is 0.0909. The number of carbonyl (C=O) groups is 2. The van der Waals surface area contributed by atoms with E-state index in [4.69, 9.17) is 9.84 Å². The third kappa shape index (κ3) is 3.97. The number of carboxylic acids is 2. The van der Waals surface area contributed by atoms with Crippen molar-refractivity contribution in [2.75, 3.05) is 5.75 Å². The molecule has 0 radical (unpaired) electrons. The molecule has 0 fully saturated rings. The number of thioether (sulfide) groups is 1. The van der Waals surface area contributed by atoms with E-state index < -0.39 is 80.2 Å². The van der Waals surface area contributed by atoms with E-state index in [2.05, 4.69) is 0 Å². The van der Waals surface area contributed by atoms with E-state index >= 15 is 4.39 Å².